The van der Waals surface area contributed by atoms with Gasteiger partial charge in [0, 0.05) is 5.56 Å². The smallest absolute Gasteiger partial charge is 0.404 e. The van der Waals surface area contributed by atoms with Crippen LogP contribution in [0.5, 0.6) is 0 Å². The highest BCUT2D eigenvalue weighted by Gasteiger charge is 2.13. The van der Waals surface area contributed by atoms with Crippen LogP contribution in [0.4, 0.5) is 9.18 Å². The summed E-state index contributed by atoms with van der Waals surface area (Å²) < 4.78 is 17.4. The Labute approximate surface area is 80.1 Å². The molecule has 1 amide bonds. The molecule has 0 heterocycles. The monoisotopic (exact) mass is 199 g/mol. The maximum absolute atomic E-state index is 13.0. The van der Waals surface area contributed by atoms with Crippen LogP contribution in [-0.4, -0.2) is 17.8 Å². The molecule has 0 aliphatic rings. The van der Waals surface area contributed by atoms with E-state index in [0.29, 0.717) is 0 Å². The molecule has 0 aliphatic carbocycles. The van der Waals surface area contributed by atoms with Gasteiger partial charge in [0.1, 0.15) is 18.5 Å². The van der Waals surface area contributed by atoms with Crippen LogP contribution >= 0.6 is 0 Å². The van der Waals surface area contributed by atoms with Crippen LogP contribution in [0.2, 0.25) is 0 Å². The van der Waals surface area contributed by atoms with Gasteiger partial charge in [-0.2, -0.15) is 0 Å². The lowest BCUT2D eigenvalue weighted by molar-refractivity contribution is 0.0708. The second kappa shape index (κ2) is 4.57. The van der Waals surface area contributed by atoms with Gasteiger partial charge in [0.2, 0.25) is 0 Å². The summed E-state index contributed by atoms with van der Waals surface area (Å²) in [6.07, 6.45) is -2.19. The Kier molecular flexibility index (Phi) is 3.41. The molecule has 76 valence electrons. The average molecular weight is 199 g/mol. The minimum atomic E-state index is -1.19. The molecule has 5 heteroatoms. The lowest BCUT2D eigenvalue weighted by Crippen LogP contribution is -2.18. The fourth-order valence-electron chi connectivity index (χ4n) is 0.996. The number of aliphatic hydroxyl groups is 1. The Morgan fingerprint density at radius 1 is 1.57 bits per heavy atom. The molecule has 0 bridgehead atoms. The summed E-state index contributed by atoms with van der Waals surface area (Å²) >= 11 is 0. The molecule has 4 nitrogen and oxygen atoms in total. The van der Waals surface area contributed by atoms with Crippen molar-refractivity contribution < 1.29 is 19.0 Å². The normalized spacial score (nSPS) is 12.1. The Morgan fingerprint density at radius 2 is 2.21 bits per heavy atom. The molecular weight excluding hydrogens is 189 g/mol. The third-order valence-electron chi connectivity index (χ3n) is 1.65. The van der Waals surface area contributed by atoms with E-state index in [1.54, 1.807) is 6.07 Å². The van der Waals surface area contributed by atoms with Crippen molar-refractivity contribution in [2.24, 2.45) is 5.73 Å². The van der Waals surface area contributed by atoms with Crippen LogP contribution in [0.25, 0.3) is 0 Å². The standard InChI is InChI=1S/C9H10FNO3/c10-7-4-2-1-3-6(7)8(12)5-14-9(11)13/h1-4,8,12H,5H2,(H2,11,13). The van der Waals surface area contributed by atoms with Crippen LogP contribution in [0, 0.1) is 5.82 Å². The molecular formula is C9H10FNO3. The molecule has 0 saturated heterocycles. The summed E-state index contributed by atoms with van der Waals surface area (Å²) in [5.74, 6) is -0.548. The van der Waals surface area contributed by atoms with Gasteiger partial charge in [0.05, 0.1) is 0 Å². The Morgan fingerprint density at radius 3 is 2.79 bits per heavy atom. The fraction of sp³-hybridized carbons (Fsp3) is 0.222. The molecule has 1 rings (SSSR count). The van der Waals surface area contributed by atoms with Gasteiger partial charge in [-0.15, -0.1) is 0 Å². The van der Waals surface area contributed by atoms with E-state index in [4.69, 9.17) is 5.73 Å². The van der Waals surface area contributed by atoms with E-state index in [1.807, 2.05) is 0 Å². The number of carbonyl (C=O) groups excluding carboxylic acids is 1. The number of aliphatic hydroxyl groups excluding tert-OH is 1. The first-order chi connectivity index (χ1) is 6.61. The summed E-state index contributed by atoms with van der Waals surface area (Å²) in [6, 6.07) is 5.69. The molecule has 1 aromatic rings. The number of halogens is 1. The van der Waals surface area contributed by atoms with Crippen LogP contribution < -0.4 is 5.73 Å². The lowest BCUT2D eigenvalue weighted by Gasteiger charge is -2.10. The Balaban J connectivity index is 2.65. The van der Waals surface area contributed by atoms with Crippen molar-refractivity contribution in [1.82, 2.24) is 0 Å². The predicted octanol–water partition coefficient (Wildman–Crippen LogP) is 0.954. The van der Waals surface area contributed by atoms with E-state index in [0.717, 1.165) is 0 Å². The first-order valence-electron chi connectivity index (χ1n) is 3.96. The van der Waals surface area contributed by atoms with Gasteiger partial charge < -0.3 is 15.6 Å². The molecule has 0 spiro atoms. The molecule has 3 N–H and O–H groups in total. The van der Waals surface area contributed by atoms with Crippen molar-refractivity contribution in [2.45, 2.75) is 6.10 Å². The van der Waals surface area contributed by atoms with E-state index in [-0.39, 0.29) is 12.2 Å². The summed E-state index contributed by atoms with van der Waals surface area (Å²) in [6.45, 7) is -0.351. The van der Waals surface area contributed by atoms with Crippen molar-refractivity contribution in [3.63, 3.8) is 0 Å². The maximum atomic E-state index is 13.0. The quantitative estimate of drug-likeness (QED) is 0.761. The number of amides is 1. The number of primary amides is 1. The topological polar surface area (TPSA) is 72.6 Å². The number of hydrogen-bond donors (Lipinski definition) is 2. The number of benzene rings is 1. The lowest BCUT2D eigenvalue weighted by atomic mass is 10.1. The van der Waals surface area contributed by atoms with E-state index >= 15 is 0 Å². The predicted molar refractivity (Wildman–Crippen MR) is 46.9 cm³/mol. The Bertz CT molecular complexity index is 330. The fourth-order valence-corrected chi connectivity index (χ4v) is 0.996. The minimum Gasteiger partial charge on any atom is -0.447 e. The first-order valence-corrected chi connectivity index (χ1v) is 3.96. The molecule has 0 aliphatic heterocycles. The van der Waals surface area contributed by atoms with E-state index in [2.05, 4.69) is 4.74 Å². The third-order valence-corrected chi connectivity index (χ3v) is 1.65. The van der Waals surface area contributed by atoms with E-state index in [9.17, 15) is 14.3 Å². The van der Waals surface area contributed by atoms with Crippen molar-refractivity contribution in [3.8, 4) is 0 Å². The molecule has 1 unspecified atom stereocenters. The summed E-state index contributed by atoms with van der Waals surface area (Å²) in [4.78, 5) is 10.2. The van der Waals surface area contributed by atoms with Gasteiger partial charge in [0.15, 0.2) is 0 Å². The maximum Gasteiger partial charge on any atom is 0.404 e. The molecule has 0 aromatic heterocycles. The highest BCUT2D eigenvalue weighted by molar-refractivity contribution is 5.64. The highest BCUT2D eigenvalue weighted by Crippen LogP contribution is 2.16. The zero-order valence-electron chi connectivity index (χ0n) is 7.31. The Hall–Kier alpha value is -1.62. The van der Waals surface area contributed by atoms with E-state index in [1.165, 1.54) is 18.2 Å². The molecule has 1 atom stereocenters. The van der Waals surface area contributed by atoms with Crippen molar-refractivity contribution in [2.75, 3.05) is 6.61 Å². The van der Waals surface area contributed by atoms with Crippen LogP contribution in [0.15, 0.2) is 24.3 Å². The van der Waals surface area contributed by atoms with Crippen LogP contribution in [-0.2, 0) is 4.74 Å². The van der Waals surface area contributed by atoms with Gasteiger partial charge in [0.25, 0.3) is 0 Å². The average Bonchev–Trinajstić information content (AvgIpc) is 2.15. The van der Waals surface area contributed by atoms with Gasteiger partial charge in [-0.1, -0.05) is 18.2 Å². The molecule has 0 radical (unpaired) electrons. The zero-order chi connectivity index (χ0) is 10.6. The molecule has 14 heavy (non-hydrogen) atoms. The summed E-state index contributed by atoms with van der Waals surface area (Å²) in [5, 5.41) is 9.38. The summed E-state index contributed by atoms with van der Waals surface area (Å²) in [5.41, 5.74) is 4.77. The number of hydrogen-bond acceptors (Lipinski definition) is 3. The van der Waals surface area contributed by atoms with Crippen molar-refractivity contribution in [1.29, 1.82) is 0 Å². The van der Waals surface area contributed by atoms with Gasteiger partial charge in [-0.3, -0.25) is 0 Å². The number of ether oxygens (including phenoxy) is 1. The molecule has 0 saturated carbocycles. The third kappa shape index (κ3) is 2.70. The highest BCUT2D eigenvalue weighted by atomic mass is 19.1. The SMILES string of the molecule is NC(=O)OCC(O)c1ccccc1F. The first kappa shape index (κ1) is 10.5. The second-order valence-corrected chi connectivity index (χ2v) is 2.67. The van der Waals surface area contributed by atoms with Crippen LogP contribution in [0.3, 0.4) is 0 Å². The molecule has 0 fully saturated rings. The largest absolute Gasteiger partial charge is 0.447 e. The van der Waals surface area contributed by atoms with Gasteiger partial charge >= 0.3 is 6.09 Å². The molecule has 1 aromatic carbocycles. The van der Waals surface area contributed by atoms with Crippen molar-refractivity contribution in [3.05, 3.63) is 35.6 Å². The zero-order valence-corrected chi connectivity index (χ0v) is 7.31. The second-order valence-electron chi connectivity index (χ2n) is 2.67. The number of carbonyl (C=O) groups is 1. The van der Waals surface area contributed by atoms with Crippen molar-refractivity contribution >= 4 is 6.09 Å². The number of nitrogens with two attached hydrogens (primary N) is 1. The van der Waals surface area contributed by atoms with Crippen LogP contribution in [0.1, 0.15) is 11.7 Å². The van der Waals surface area contributed by atoms with Gasteiger partial charge in [-0.25, -0.2) is 9.18 Å². The summed E-state index contributed by atoms with van der Waals surface area (Å²) in [7, 11) is 0. The van der Waals surface area contributed by atoms with Gasteiger partial charge in [-0.05, 0) is 6.07 Å². The van der Waals surface area contributed by atoms with E-state index < -0.39 is 18.0 Å². The number of rotatable bonds is 3. The minimum absolute atomic E-state index is 0.0775.